The van der Waals surface area contributed by atoms with Crippen LogP contribution >= 0.6 is 15.9 Å². The van der Waals surface area contributed by atoms with E-state index in [9.17, 15) is 4.79 Å². The number of fused-ring (bicyclic) bond motifs is 1. The second-order valence-electron chi connectivity index (χ2n) is 3.49. The normalized spacial score (nSPS) is 10.2. The minimum atomic E-state index is -0.370. The number of hydrogen-bond donors (Lipinski definition) is 2. The number of benzene rings is 2. The van der Waals surface area contributed by atoms with Crippen molar-refractivity contribution in [1.29, 1.82) is 0 Å². The molecule has 0 heterocycles. The van der Waals surface area contributed by atoms with Crippen molar-refractivity contribution in [1.82, 2.24) is 5.43 Å². The molecule has 0 aliphatic carbocycles. The lowest BCUT2D eigenvalue weighted by atomic mass is 10.1. The van der Waals surface area contributed by atoms with Gasteiger partial charge in [-0.1, -0.05) is 24.3 Å². The second kappa shape index (κ2) is 5.16. The predicted molar refractivity (Wildman–Crippen MR) is 69.5 cm³/mol. The molecule has 4 nitrogen and oxygen atoms in total. The first-order valence-corrected chi connectivity index (χ1v) is 5.80. The summed E-state index contributed by atoms with van der Waals surface area (Å²) in [5, 5.41) is 2.16. The molecule has 0 fully saturated rings. The van der Waals surface area contributed by atoms with Crippen LogP contribution in [0.3, 0.4) is 0 Å². The predicted octanol–water partition coefficient (Wildman–Crippen LogP) is 1.97. The van der Waals surface area contributed by atoms with Crippen molar-refractivity contribution in [2.45, 2.75) is 0 Å². The van der Waals surface area contributed by atoms with Gasteiger partial charge in [-0.3, -0.25) is 10.2 Å². The molecule has 0 aliphatic rings. The van der Waals surface area contributed by atoms with Gasteiger partial charge in [-0.15, -0.1) is 0 Å². The summed E-state index contributed by atoms with van der Waals surface area (Å²) in [6, 6.07) is 11.7. The van der Waals surface area contributed by atoms with E-state index in [4.69, 9.17) is 10.6 Å². The average molecular weight is 295 g/mol. The molecule has 2 aromatic rings. The largest absolute Gasteiger partial charge is 0.483 e. The molecule has 2 rings (SSSR count). The lowest BCUT2D eigenvalue weighted by molar-refractivity contribution is -0.123. The number of carbonyl (C=O) groups is 1. The second-order valence-corrected chi connectivity index (χ2v) is 4.34. The van der Waals surface area contributed by atoms with Crippen LogP contribution < -0.4 is 16.0 Å². The first-order valence-electron chi connectivity index (χ1n) is 5.01. The summed E-state index contributed by atoms with van der Waals surface area (Å²) in [6.45, 7) is -0.104. The molecule has 3 N–H and O–H groups in total. The van der Waals surface area contributed by atoms with Gasteiger partial charge in [-0.25, -0.2) is 5.84 Å². The smallest absolute Gasteiger partial charge is 0.271 e. The molecular formula is C12H11BrN2O2. The third-order valence-electron chi connectivity index (χ3n) is 2.32. The van der Waals surface area contributed by atoms with E-state index in [1.165, 1.54) is 0 Å². The molecule has 0 aromatic heterocycles. The van der Waals surface area contributed by atoms with Crippen LogP contribution in [0.5, 0.6) is 5.75 Å². The molecule has 17 heavy (non-hydrogen) atoms. The molecule has 0 saturated heterocycles. The van der Waals surface area contributed by atoms with Gasteiger partial charge in [0.25, 0.3) is 5.91 Å². The van der Waals surface area contributed by atoms with Gasteiger partial charge in [-0.2, -0.15) is 0 Å². The van der Waals surface area contributed by atoms with Crippen molar-refractivity contribution in [3.63, 3.8) is 0 Å². The maximum absolute atomic E-state index is 11.0. The van der Waals surface area contributed by atoms with Crippen LogP contribution in [0.1, 0.15) is 0 Å². The zero-order chi connectivity index (χ0) is 12.3. The maximum atomic E-state index is 11.0. The first-order chi connectivity index (χ1) is 8.20. The molecule has 0 saturated carbocycles. The summed E-state index contributed by atoms with van der Waals surface area (Å²) >= 11 is 3.40. The monoisotopic (exact) mass is 294 g/mol. The van der Waals surface area contributed by atoms with E-state index in [1.807, 2.05) is 41.8 Å². The number of carbonyl (C=O) groups excluding carboxylic acids is 1. The minimum Gasteiger partial charge on any atom is -0.483 e. The van der Waals surface area contributed by atoms with E-state index in [2.05, 4.69) is 15.9 Å². The minimum absolute atomic E-state index is 0.104. The molecule has 0 radical (unpaired) electrons. The van der Waals surface area contributed by atoms with Gasteiger partial charge in [-0.05, 0) is 38.8 Å². The van der Waals surface area contributed by atoms with Gasteiger partial charge in [0.15, 0.2) is 6.61 Å². The molecule has 1 amide bonds. The van der Waals surface area contributed by atoms with Crippen LogP contribution in [0.25, 0.3) is 10.8 Å². The summed E-state index contributed by atoms with van der Waals surface area (Å²) < 4.78 is 6.17. The Morgan fingerprint density at radius 1 is 1.29 bits per heavy atom. The highest BCUT2D eigenvalue weighted by Gasteiger charge is 2.06. The number of nitrogens with one attached hydrogen (secondary N) is 1. The van der Waals surface area contributed by atoms with Gasteiger partial charge in [0.05, 0.1) is 4.47 Å². The van der Waals surface area contributed by atoms with Crippen LogP contribution in [-0.2, 0) is 4.79 Å². The lowest BCUT2D eigenvalue weighted by Gasteiger charge is -2.08. The fraction of sp³-hybridized carbons (Fsp3) is 0.0833. The maximum Gasteiger partial charge on any atom is 0.271 e. The summed E-state index contributed by atoms with van der Waals surface area (Å²) in [4.78, 5) is 11.0. The molecule has 5 heteroatoms. The molecule has 88 valence electrons. The number of amides is 1. The fourth-order valence-corrected chi connectivity index (χ4v) is 1.96. The Bertz CT molecular complexity index is 557. The van der Waals surface area contributed by atoms with Crippen LogP contribution in [0.2, 0.25) is 0 Å². The van der Waals surface area contributed by atoms with Crippen molar-refractivity contribution < 1.29 is 9.53 Å². The Hall–Kier alpha value is -1.59. The van der Waals surface area contributed by atoms with Crippen LogP contribution in [-0.4, -0.2) is 12.5 Å². The van der Waals surface area contributed by atoms with Gasteiger partial charge >= 0.3 is 0 Å². The van der Waals surface area contributed by atoms with Gasteiger partial charge in [0.2, 0.25) is 0 Å². The molecule has 0 aliphatic heterocycles. The third kappa shape index (κ3) is 2.75. The number of hydrazine groups is 1. The number of ether oxygens (including phenoxy) is 1. The van der Waals surface area contributed by atoms with Crippen LogP contribution in [0.15, 0.2) is 40.9 Å². The number of hydrogen-bond acceptors (Lipinski definition) is 3. The van der Waals surface area contributed by atoms with E-state index in [1.54, 1.807) is 0 Å². The van der Waals surface area contributed by atoms with E-state index in [-0.39, 0.29) is 12.5 Å². The Morgan fingerprint density at radius 2 is 1.94 bits per heavy atom. The van der Waals surface area contributed by atoms with Gasteiger partial charge in [0, 0.05) is 0 Å². The molecule has 0 unspecified atom stereocenters. The Balaban J connectivity index is 2.28. The SMILES string of the molecule is NNC(=O)COc1cc2ccccc2cc1Br. The van der Waals surface area contributed by atoms with Crippen molar-refractivity contribution in [2.24, 2.45) is 5.84 Å². The van der Waals surface area contributed by atoms with Crippen molar-refractivity contribution in [3.8, 4) is 5.75 Å². The zero-order valence-electron chi connectivity index (χ0n) is 8.94. The van der Waals surface area contributed by atoms with E-state index >= 15 is 0 Å². The summed E-state index contributed by atoms with van der Waals surface area (Å²) in [6.07, 6.45) is 0. The van der Waals surface area contributed by atoms with Crippen molar-refractivity contribution in [3.05, 3.63) is 40.9 Å². The lowest BCUT2D eigenvalue weighted by Crippen LogP contribution is -2.34. The van der Waals surface area contributed by atoms with E-state index < -0.39 is 0 Å². The number of rotatable bonds is 3. The van der Waals surface area contributed by atoms with Crippen LogP contribution in [0.4, 0.5) is 0 Å². The molecule has 0 spiro atoms. The molecule has 0 atom stereocenters. The Labute approximate surface area is 107 Å². The van der Waals surface area contributed by atoms with Gasteiger partial charge < -0.3 is 4.74 Å². The average Bonchev–Trinajstić information content (AvgIpc) is 2.35. The summed E-state index contributed by atoms with van der Waals surface area (Å²) in [5.74, 6) is 5.22. The standard InChI is InChI=1S/C12H11BrN2O2/c13-10-5-8-3-1-2-4-9(8)6-11(10)17-7-12(16)15-14/h1-6H,7,14H2,(H,15,16). The van der Waals surface area contributed by atoms with Crippen molar-refractivity contribution in [2.75, 3.05) is 6.61 Å². The highest BCUT2D eigenvalue weighted by Crippen LogP contribution is 2.30. The van der Waals surface area contributed by atoms with Gasteiger partial charge in [0.1, 0.15) is 5.75 Å². The Morgan fingerprint density at radius 3 is 2.59 bits per heavy atom. The highest BCUT2D eigenvalue weighted by molar-refractivity contribution is 9.10. The molecular weight excluding hydrogens is 284 g/mol. The van der Waals surface area contributed by atoms with E-state index in [0.29, 0.717) is 5.75 Å². The third-order valence-corrected chi connectivity index (χ3v) is 2.94. The van der Waals surface area contributed by atoms with E-state index in [0.717, 1.165) is 15.2 Å². The summed E-state index contributed by atoms with van der Waals surface area (Å²) in [5.41, 5.74) is 2.01. The number of nitrogens with two attached hydrogens (primary N) is 1. The molecule has 0 bridgehead atoms. The Kier molecular flexibility index (Phi) is 3.61. The number of halogens is 1. The highest BCUT2D eigenvalue weighted by atomic mass is 79.9. The summed E-state index contributed by atoms with van der Waals surface area (Å²) in [7, 11) is 0. The fourth-order valence-electron chi connectivity index (χ4n) is 1.49. The zero-order valence-corrected chi connectivity index (χ0v) is 10.5. The first kappa shape index (κ1) is 11.9. The van der Waals surface area contributed by atoms with Crippen LogP contribution in [0, 0.1) is 0 Å². The van der Waals surface area contributed by atoms with Crippen molar-refractivity contribution >= 4 is 32.6 Å². The molecule has 2 aromatic carbocycles. The topological polar surface area (TPSA) is 64.3 Å². The quantitative estimate of drug-likeness (QED) is 0.517.